The van der Waals surface area contributed by atoms with Crippen molar-refractivity contribution in [3.8, 4) is 17.7 Å². The Bertz CT molecular complexity index is 1080. The molecular weight excluding hydrogens is 432 g/mol. The standard InChI is InChI=1S/C25H32N6O3/c1-17(2)21-15-30(24(27-16-26)29-20-9-7-6-8-18(20)3)12-13-31(21)25(32)28-19-10-11-22(33-4)23(14-19)34-5/h6-11,14,17,21H,12-13,15H2,1-5H3,(H,27,29)(H,28,32). The molecule has 2 aromatic rings. The monoisotopic (exact) mass is 464 g/mol. The third-order valence-electron chi connectivity index (χ3n) is 5.93. The van der Waals surface area contributed by atoms with Crippen molar-refractivity contribution in [3.63, 3.8) is 0 Å². The number of urea groups is 1. The number of hydrogen-bond donors (Lipinski definition) is 2. The van der Waals surface area contributed by atoms with Crippen LogP contribution in [0.1, 0.15) is 19.4 Å². The normalized spacial score (nSPS) is 16.1. The lowest BCUT2D eigenvalue weighted by Crippen LogP contribution is -2.60. The third-order valence-corrected chi connectivity index (χ3v) is 5.93. The minimum Gasteiger partial charge on any atom is -0.493 e. The van der Waals surface area contributed by atoms with Gasteiger partial charge < -0.3 is 29.9 Å². The zero-order valence-electron chi connectivity index (χ0n) is 20.3. The first-order chi connectivity index (χ1) is 16.4. The average Bonchev–Trinajstić information content (AvgIpc) is 2.84. The molecule has 3 rings (SSSR count). The Kier molecular flexibility index (Phi) is 8.19. The number of methoxy groups -OCH3 is 2. The van der Waals surface area contributed by atoms with Gasteiger partial charge >= 0.3 is 6.03 Å². The van der Waals surface area contributed by atoms with Gasteiger partial charge in [0.15, 0.2) is 11.5 Å². The van der Waals surface area contributed by atoms with Crippen LogP contribution in [0.4, 0.5) is 16.2 Å². The number of hydrogen-bond acceptors (Lipinski definition) is 5. The number of rotatable bonds is 5. The summed E-state index contributed by atoms with van der Waals surface area (Å²) < 4.78 is 10.6. The molecule has 2 aromatic carbocycles. The van der Waals surface area contributed by atoms with E-state index in [1.54, 1.807) is 32.4 Å². The Labute approximate surface area is 201 Å². The van der Waals surface area contributed by atoms with Crippen molar-refractivity contribution in [1.82, 2.24) is 9.80 Å². The van der Waals surface area contributed by atoms with E-state index < -0.39 is 0 Å². The zero-order chi connectivity index (χ0) is 24.7. The fraction of sp³-hybridized carbons (Fsp3) is 0.400. The summed E-state index contributed by atoms with van der Waals surface area (Å²) in [6.45, 7) is 7.75. The molecule has 0 bridgehead atoms. The number of aryl methyl sites for hydroxylation is 1. The second-order valence-electron chi connectivity index (χ2n) is 8.43. The lowest BCUT2D eigenvalue weighted by atomic mass is 10.00. The fourth-order valence-electron chi connectivity index (χ4n) is 3.99. The van der Waals surface area contributed by atoms with Gasteiger partial charge in [0.1, 0.15) is 0 Å². The van der Waals surface area contributed by atoms with Gasteiger partial charge in [-0.1, -0.05) is 32.0 Å². The number of carbonyl (C=O) groups is 1. The number of anilines is 2. The number of carbonyl (C=O) groups excluding carboxylic acids is 1. The van der Waals surface area contributed by atoms with Crippen LogP contribution in [0.3, 0.4) is 0 Å². The minimum absolute atomic E-state index is 0.0727. The Balaban J connectivity index is 1.75. The highest BCUT2D eigenvalue weighted by Crippen LogP contribution is 2.30. The summed E-state index contributed by atoms with van der Waals surface area (Å²) in [5.41, 5.74) is 2.58. The first-order valence-corrected chi connectivity index (χ1v) is 11.2. The maximum absolute atomic E-state index is 13.2. The molecule has 1 unspecified atom stereocenters. The van der Waals surface area contributed by atoms with E-state index in [0.717, 1.165) is 11.3 Å². The first kappa shape index (κ1) is 24.7. The molecule has 9 nitrogen and oxygen atoms in total. The van der Waals surface area contributed by atoms with Crippen molar-refractivity contribution in [2.75, 3.05) is 44.5 Å². The van der Waals surface area contributed by atoms with Crippen LogP contribution in [-0.2, 0) is 0 Å². The second kappa shape index (κ2) is 11.3. The molecule has 0 saturated carbocycles. The Morgan fingerprint density at radius 3 is 2.50 bits per heavy atom. The van der Waals surface area contributed by atoms with Gasteiger partial charge in [0, 0.05) is 37.1 Å². The molecule has 0 aliphatic carbocycles. The second-order valence-corrected chi connectivity index (χ2v) is 8.43. The Morgan fingerprint density at radius 1 is 1.12 bits per heavy atom. The number of nitrogens with one attached hydrogen (secondary N) is 2. The van der Waals surface area contributed by atoms with E-state index in [0.29, 0.717) is 42.8 Å². The predicted octanol–water partition coefficient (Wildman–Crippen LogP) is 4.14. The molecule has 9 heteroatoms. The number of nitrogens with zero attached hydrogens (tertiary/aromatic N) is 4. The highest BCUT2D eigenvalue weighted by molar-refractivity contribution is 5.95. The SMILES string of the molecule is COc1ccc(NC(=O)N2CCN(/C(=N\C#N)Nc3ccccc3C)CC2C(C)C)cc1OC. The Morgan fingerprint density at radius 2 is 1.85 bits per heavy atom. The number of guanidine groups is 1. The van der Waals surface area contributed by atoms with E-state index in [-0.39, 0.29) is 18.0 Å². The number of benzene rings is 2. The van der Waals surface area contributed by atoms with Gasteiger partial charge in [0.25, 0.3) is 0 Å². The summed E-state index contributed by atoms with van der Waals surface area (Å²) in [4.78, 5) is 21.1. The van der Waals surface area contributed by atoms with E-state index >= 15 is 0 Å². The van der Waals surface area contributed by atoms with Gasteiger partial charge in [-0.15, -0.1) is 4.99 Å². The molecule has 0 aromatic heterocycles. The van der Waals surface area contributed by atoms with Crippen LogP contribution in [0, 0.1) is 24.3 Å². The van der Waals surface area contributed by atoms with Gasteiger partial charge in [-0.25, -0.2) is 4.79 Å². The molecular formula is C25H32N6O3. The number of ether oxygens (including phenoxy) is 2. The summed E-state index contributed by atoms with van der Waals surface area (Å²) in [5.74, 6) is 1.83. The van der Waals surface area contributed by atoms with E-state index in [4.69, 9.17) is 9.47 Å². The fourth-order valence-corrected chi connectivity index (χ4v) is 3.99. The van der Waals surface area contributed by atoms with Crippen LogP contribution < -0.4 is 20.1 Å². The maximum atomic E-state index is 13.2. The molecule has 0 spiro atoms. The highest BCUT2D eigenvalue weighted by atomic mass is 16.5. The molecule has 34 heavy (non-hydrogen) atoms. The van der Waals surface area contributed by atoms with Crippen molar-refractivity contribution in [2.45, 2.75) is 26.8 Å². The molecule has 180 valence electrons. The van der Waals surface area contributed by atoms with Gasteiger partial charge in [-0.05, 0) is 36.6 Å². The number of nitriles is 1. The molecule has 1 fully saturated rings. The highest BCUT2D eigenvalue weighted by Gasteiger charge is 2.34. The van der Waals surface area contributed by atoms with Gasteiger partial charge in [-0.3, -0.25) is 0 Å². The van der Waals surface area contributed by atoms with E-state index in [1.165, 1.54) is 0 Å². The van der Waals surface area contributed by atoms with Crippen molar-refractivity contribution in [2.24, 2.45) is 10.9 Å². The Hall–Kier alpha value is -3.93. The van der Waals surface area contributed by atoms with Crippen molar-refractivity contribution >= 4 is 23.4 Å². The predicted molar refractivity (Wildman–Crippen MR) is 133 cm³/mol. The van der Waals surface area contributed by atoms with Crippen LogP contribution in [0.15, 0.2) is 47.5 Å². The number of piperazine rings is 1. The van der Waals surface area contributed by atoms with E-state index in [1.807, 2.05) is 47.2 Å². The molecule has 1 heterocycles. The van der Waals surface area contributed by atoms with Crippen molar-refractivity contribution < 1.29 is 14.3 Å². The average molecular weight is 465 g/mol. The largest absolute Gasteiger partial charge is 0.493 e. The van der Waals surface area contributed by atoms with Gasteiger partial charge in [0.2, 0.25) is 12.2 Å². The summed E-state index contributed by atoms with van der Waals surface area (Å²) in [5, 5.41) is 15.5. The molecule has 0 radical (unpaired) electrons. The molecule has 2 N–H and O–H groups in total. The van der Waals surface area contributed by atoms with Crippen LogP contribution in [0.5, 0.6) is 11.5 Å². The van der Waals surface area contributed by atoms with Crippen LogP contribution in [0.2, 0.25) is 0 Å². The minimum atomic E-state index is -0.184. The van der Waals surface area contributed by atoms with Crippen LogP contribution in [0.25, 0.3) is 0 Å². The lowest BCUT2D eigenvalue weighted by Gasteiger charge is -2.44. The third kappa shape index (κ3) is 5.70. The molecule has 1 aliphatic rings. The van der Waals surface area contributed by atoms with Gasteiger partial charge in [0.05, 0.1) is 20.3 Å². The summed E-state index contributed by atoms with van der Waals surface area (Å²) in [6.07, 6.45) is 1.90. The molecule has 1 saturated heterocycles. The van der Waals surface area contributed by atoms with Crippen molar-refractivity contribution in [1.29, 1.82) is 5.26 Å². The summed E-state index contributed by atoms with van der Waals surface area (Å²) >= 11 is 0. The maximum Gasteiger partial charge on any atom is 0.322 e. The van der Waals surface area contributed by atoms with Crippen LogP contribution >= 0.6 is 0 Å². The molecule has 1 atom stereocenters. The lowest BCUT2D eigenvalue weighted by molar-refractivity contribution is 0.111. The number of amides is 2. The van der Waals surface area contributed by atoms with Crippen LogP contribution in [-0.4, -0.2) is 61.7 Å². The van der Waals surface area contributed by atoms with Gasteiger partial charge in [-0.2, -0.15) is 5.26 Å². The number of para-hydroxylation sites is 1. The van der Waals surface area contributed by atoms with E-state index in [2.05, 4.69) is 29.5 Å². The van der Waals surface area contributed by atoms with E-state index in [9.17, 15) is 10.1 Å². The topological polar surface area (TPSA) is 102 Å². The molecule has 1 aliphatic heterocycles. The summed E-state index contributed by atoms with van der Waals surface area (Å²) in [7, 11) is 3.13. The smallest absolute Gasteiger partial charge is 0.322 e. The molecule has 2 amide bonds. The quantitative estimate of drug-likeness (QED) is 0.392. The zero-order valence-corrected chi connectivity index (χ0v) is 20.3. The van der Waals surface area contributed by atoms with Crippen molar-refractivity contribution in [3.05, 3.63) is 48.0 Å². The first-order valence-electron chi connectivity index (χ1n) is 11.2. The summed E-state index contributed by atoms with van der Waals surface area (Å²) in [6, 6.07) is 12.9. The number of aliphatic imine (C=N–C) groups is 1.